The molecule has 60 heavy (non-hydrogen) atoms. The number of halogens is 3. The molecule has 0 aliphatic rings. The lowest BCUT2D eigenvalue weighted by Crippen LogP contribution is -2.14. The Balaban J connectivity index is 1.67. The van der Waals surface area contributed by atoms with Gasteiger partial charge >= 0.3 is 6.18 Å². The summed E-state index contributed by atoms with van der Waals surface area (Å²) in [5.74, 6) is 0. The van der Waals surface area contributed by atoms with Crippen LogP contribution in [0.4, 0.5) is 13.2 Å². The molecule has 8 rings (SSSR count). The average molecular weight is 802 g/mol. The van der Waals surface area contributed by atoms with Crippen LogP contribution >= 0.6 is 0 Å². The number of hydrogen-bond donors (Lipinski definition) is 0. The molecule has 0 fully saturated rings. The van der Waals surface area contributed by atoms with E-state index in [-0.39, 0.29) is 21.7 Å². The van der Waals surface area contributed by atoms with E-state index in [1.54, 1.807) is 12.1 Å². The van der Waals surface area contributed by atoms with E-state index in [1.807, 2.05) is 12.1 Å². The lowest BCUT2D eigenvalue weighted by Gasteiger charge is -2.25. The van der Waals surface area contributed by atoms with Gasteiger partial charge in [0, 0.05) is 27.1 Å². The van der Waals surface area contributed by atoms with Gasteiger partial charge in [0.05, 0.1) is 50.6 Å². The molecule has 2 aromatic heterocycles. The first-order valence-electron chi connectivity index (χ1n) is 20.8. The first kappa shape index (κ1) is 41.0. The van der Waals surface area contributed by atoms with Crippen molar-refractivity contribution in [1.82, 2.24) is 9.13 Å². The van der Waals surface area contributed by atoms with Crippen molar-refractivity contribution >= 4 is 43.6 Å². The van der Waals surface area contributed by atoms with Crippen LogP contribution in [-0.2, 0) is 27.8 Å². The second-order valence-corrected chi connectivity index (χ2v) is 20.7. The van der Waals surface area contributed by atoms with Crippen LogP contribution in [0.5, 0.6) is 0 Å². The second kappa shape index (κ2) is 13.6. The minimum absolute atomic E-state index is 0.229. The van der Waals surface area contributed by atoms with Gasteiger partial charge in [-0.15, -0.1) is 0 Å². The quantitative estimate of drug-likeness (QED) is 0.175. The average Bonchev–Trinajstić information content (AvgIpc) is 3.67. The molecule has 0 saturated carbocycles. The molecule has 8 aromatic rings. The summed E-state index contributed by atoms with van der Waals surface area (Å²) < 4.78 is 51.4. The highest BCUT2D eigenvalue weighted by Crippen LogP contribution is 2.47. The molecule has 0 atom stereocenters. The van der Waals surface area contributed by atoms with Crippen molar-refractivity contribution < 1.29 is 13.2 Å². The molecule has 0 saturated heterocycles. The maximum Gasteiger partial charge on any atom is 0.416 e. The molecule has 0 aliphatic carbocycles. The fraction of sp³-hybridized carbons (Fsp3) is 0.315. The van der Waals surface area contributed by atoms with Crippen LogP contribution in [0.15, 0.2) is 109 Å². The zero-order valence-electron chi connectivity index (χ0n) is 36.9. The van der Waals surface area contributed by atoms with Crippen molar-refractivity contribution in [2.45, 2.75) is 111 Å². The van der Waals surface area contributed by atoms with Crippen molar-refractivity contribution in [3.63, 3.8) is 0 Å². The highest BCUT2D eigenvalue weighted by molar-refractivity contribution is 6.12. The Bertz CT molecular complexity index is 2750. The first-order chi connectivity index (χ1) is 27.9. The lowest BCUT2D eigenvalue weighted by molar-refractivity contribution is -0.137. The lowest BCUT2D eigenvalue weighted by atomic mass is 9.86. The van der Waals surface area contributed by atoms with Crippen LogP contribution < -0.4 is 0 Å². The van der Waals surface area contributed by atoms with E-state index >= 15 is 13.2 Å². The topological polar surface area (TPSA) is 33.6 Å². The number of nitriles is 1. The number of fused-ring (bicyclic) bond motifs is 6. The van der Waals surface area contributed by atoms with Gasteiger partial charge in [-0.2, -0.15) is 18.4 Å². The molecule has 3 nitrogen and oxygen atoms in total. The largest absolute Gasteiger partial charge is 0.416 e. The van der Waals surface area contributed by atoms with Gasteiger partial charge in [-0.1, -0.05) is 144 Å². The number of nitrogens with zero attached hydrogens (tertiary/aromatic N) is 3. The third kappa shape index (κ3) is 6.96. The van der Waals surface area contributed by atoms with Crippen molar-refractivity contribution in [2.75, 3.05) is 0 Å². The van der Waals surface area contributed by atoms with Crippen LogP contribution in [-0.4, -0.2) is 9.13 Å². The number of benzene rings is 6. The summed E-state index contributed by atoms with van der Waals surface area (Å²) in [5, 5.41) is 14.1. The molecule has 0 unspecified atom stereocenters. The SMILES string of the molecule is CC(C)(C)c1ccc2c3ccc(C(C)(C)C)cc3n(-c3cc(C(F)(F)F)cc(-n4c5cc(C(C)(C)C)ccc5c5ccc(C(C)(C)C)cc54)c3-c3cccc(C#N)c3)c2c1. The Hall–Kier alpha value is -5.80. The van der Waals surface area contributed by atoms with Crippen molar-refractivity contribution in [1.29, 1.82) is 5.26 Å². The third-order valence-corrected chi connectivity index (χ3v) is 12.2. The molecule has 306 valence electrons. The van der Waals surface area contributed by atoms with Crippen molar-refractivity contribution in [2.24, 2.45) is 0 Å². The van der Waals surface area contributed by atoms with Crippen LogP contribution in [0.2, 0.25) is 0 Å². The van der Waals surface area contributed by atoms with Gasteiger partial charge in [0.1, 0.15) is 0 Å². The number of rotatable bonds is 3. The maximum atomic E-state index is 15.8. The Labute approximate surface area is 352 Å². The molecule has 0 N–H and O–H groups in total. The maximum absolute atomic E-state index is 15.8. The predicted octanol–water partition coefficient (Wildman–Crippen LogP) is 15.6. The highest BCUT2D eigenvalue weighted by Gasteiger charge is 2.35. The summed E-state index contributed by atoms with van der Waals surface area (Å²) >= 11 is 0. The van der Waals surface area contributed by atoms with Gasteiger partial charge in [0.2, 0.25) is 0 Å². The Morgan fingerprint density at radius 2 is 0.750 bits per heavy atom. The fourth-order valence-corrected chi connectivity index (χ4v) is 8.59. The Morgan fingerprint density at radius 3 is 1.03 bits per heavy atom. The molecule has 2 heterocycles. The van der Waals surface area contributed by atoms with Gasteiger partial charge in [-0.3, -0.25) is 0 Å². The predicted molar refractivity (Wildman–Crippen MR) is 245 cm³/mol. The van der Waals surface area contributed by atoms with E-state index in [0.29, 0.717) is 28.1 Å². The zero-order chi connectivity index (χ0) is 43.5. The minimum atomic E-state index is -4.69. The van der Waals surface area contributed by atoms with Gasteiger partial charge in [-0.05, 0) is 98.0 Å². The summed E-state index contributed by atoms with van der Waals surface area (Å²) in [6.45, 7) is 25.8. The first-order valence-corrected chi connectivity index (χ1v) is 20.8. The van der Waals surface area contributed by atoms with Crippen LogP contribution in [0.1, 0.15) is 116 Å². The summed E-state index contributed by atoms with van der Waals surface area (Å²) in [5.41, 5.74) is 8.34. The second-order valence-electron chi connectivity index (χ2n) is 20.7. The molecule has 0 aliphatic heterocycles. The minimum Gasteiger partial charge on any atom is -0.309 e. The van der Waals surface area contributed by atoms with E-state index in [4.69, 9.17) is 0 Å². The summed E-state index contributed by atoms with van der Waals surface area (Å²) in [6.07, 6.45) is -4.69. The highest BCUT2D eigenvalue weighted by atomic mass is 19.4. The zero-order valence-corrected chi connectivity index (χ0v) is 36.9. The monoisotopic (exact) mass is 801 g/mol. The van der Waals surface area contributed by atoms with Crippen molar-refractivity contribution in [3.8, 4) is 28.6 Å². The number of alkyl halides is 3. The molecular weight excluding hydrogens is 748 g/mol. The van der Waals surface area contributed by atoms with Crippen LogP contribution in [0.25, 0.3) is 66.1 Å². The number of aromatic nitrogens is 2. The van der Waals surface area contributed by atoms with E-state index in [2.05, 4.69) is 171 Å². The Kier molecular flexibility index (Phi) is 9.29. The molecule has 0 amide bonds. The van der Waals surface area contributed by atoms with E-state index < -0.39 is 11.7 Å². The molecule has 6 aromatic carbocycles. The third-order valence-electron chi connectivity index (χ3n) is 12.2. The molecule has 0 radical (unpaired) electrons. The summed E-state index contributed by atoms with van der Waals surface area (Å²) in [7, 11) is 0. The smallest absolute Gasteiger partial charge is 0.309 e. The van der Waals surface area contributed by atoms with Gasteiger partial charge in [0.25, 0.3) is 0 Å². The van der Waals surface area contributed by atoms with Gasteiger partial charge < -0.3 is 9.13 Å². The van der Waals surface area contributed by atoms with E-state index in [0.717, 1.165) is 65.9 Å². The summed E-state index contributed by atoms with van der Waals surface area (Å²) in [6, 6.07) is 37.8. The molecule has 0 spiro atoms. The molecular formula is C54H54F3N3. The number of hydrogen-bond acceptors (Lipinski definition) is 1. The fourth-order valence-electron chi connectivity index (χ4n) is 8.59. The normalized spacial score (nSPS) is 13.2. The van der Waals surface area contributed by atoms with Crippen LogP contribution in [0.3, 0.4) is 0 Å². The standard InChI is InChI=1S/C54H54F3N3/c1-50(2,3)34-16-20-39-40-21-17-35(51(4,5)6)26-44(40)59(43(39)25-34)47-29-38(54(55,56)57)30-48(49(47)33-15-13-14-32(24-33)31-58)60-45-27-36(52(7,8)9)18-22-41(45)42-23-19-37(28-46(42)60)53(10,11)12/h13-30H,1-12H3. The van der Waals surface area contributed by atoms with E-state index in [1.165, 1.54) is 12.1 Å². The van der Waals surface area contributed by atoms with Crippen LogP contribution in [0, 0.1) is 11.3 Å². The molecule has 6 heteroatoms. The van der Waals surface area contributed by atoms with Gasteiger partial charge in [-0.25, -0.2) is 0 Å². The van der Waals surface area contributed by atoms with Crippen molar-refractivity contribution in [3.05, 3.63) is 143 Å². The molecule has 0 bridgehead atoms. The Morgan fingerprint density at radius 1 is 0.417 bits per heavy atom. The summed E-state index contributed by atoms with van der Waals surface area (Å²) in [4.78, 5) is 0. The van der Waals surface area contributed by atoms with Gasteiger partial charge in [0.15, 0.2) is 0 Å². The van der Waals surface area contributed by atoms with E-state index in [9.17, 15) is 5.26 Å².